The van der Waals surface area contributed by atoms with Gasteiger partial charge >= 0.3 is 5.97 Å². The van der Waals surface area contributed by atoms with Crippen molar-refractivity contribution in [2.45, 2.75) is 27.2 Å². The van der Waals surface area contributed by atoms with E-state index >= 15 is 0 Å². The molecule has 0 aliphatic rings. The topological polar surface area (TPSA) is 81.4 Å². The van der Waals surface area contributed by atoms with Crippen molar-refractivity contribution in [2.24, 2.45) is 5.92 Å². The number of rotatable bonds is 8. The van der Waals surface area contributed by atoms with Crippen LogP contribution in [0.25, 0.3) is 27.6 Å². The Labute approximate surface area is 189 Å². The number of esters is 1. The summed E-state index contributed by atoms with van der Waals surface area (Å²) in [5.41, 5.74) is 3.56. The minimum absolute atomic E-state index is 0.115. The van der Waals surface area contributed by atoms with E-state index in [1.165, 1.54) is 23.5 Å². The van der Waals surface area contributed by atoms with Crippen molar-refractivity contribution in [1.82, 2.24) is 19.4 Å². The molecular weight excluding hydrogens is 429 g/mol. The fourth-order valence-electron chi connectivity index (χ4n) is 3.32. The number of thiazole rings is 1. The molecule has 0 bridgehead atoms. The molecule has 0 aliphatic carbocycles. The largest absolute Gasteiger partial charge is 0.466 e. The number of halogens is 1. The minimum Gasteiger partial charge on any atom is -0.466 e. The van der Waals surface area contributed by atoms with Crippen LogP contribution in [-0.2, 0) is 16.0 Å². The van der Waals surface area contributed by atoms with Crippen LogP contribution in [0.3, 0.4) is 0 Å². The van der Waals surface area contributed by atoms with E-state index < -0.39 is 0 Å². The highest BCUT2D eigenvalue weighted by molar-refractivity contribution is 7.15. The SMILES string of the molecule is CCOC(=O)Cc1csc2nc(-c3ccc(F)cc3)c(-c3ccnc(NCC(C)C)n3)n12. The molecule has 1 N–H and O–H groups in total. The molecule has 0 saturated carbocycles. The number of hydrogen-bond acceptors (Lipinski definition) is 7. The predicted octanol–water partition coefficient (Wildman–Crippen LogP) is 4.83. The second kappa shape index (κ2) is 9.44. The van der Waals surface area contributed by atoms with Gasteiger partial charge in [0.05, 0.1) is 24.4 Å². The van der Waals surface area contributed by atoms with Gasteiger partial charge in [0.25, 0.3) is 0 Å². The molecule has 1 aromatic carbocycles. The molecule has 0 radical (unpaired) electrons. The van der Waals surface area contributed by atoms with Crippen LogP contribution < -0.4 is 5.32 Å². The molecule has 4 aromatic rings. The van der Waals surface area contributed by atoms with Crippen molar-refractivity contribution >= 4 is 28.2 Å². The molecule has 0 amide bonds. The summed E-state index contributed by atoms with van der Waals surface area (Å²) in [6.07, 6.45) is 1.81. The molecule has 32 heavy (non-hydrogen) atoms. The van der Waals surface area contributed by atoms with Gasteiger partial charge in [0.1, 0.15) is 11.5 Å². The number of ether oxygens (including phenoxy) is 1. The molecule has 3 heterocycles. The van der Waals surface area contributed by atoms with Crippen LogP contribution in [0.1, 0.15) is 26.5 Å². The Morgan fingerprint density at radius 1 is 1.22 bits per heavy atom. The van der Waals surface area contributed by atoms with Crippen molar-refractivity contribution in [3.63, 3.8) is 0 Å². The van der Waals surface area contributed by atoms with Crippen molar-refractivity contribution in [1.29, 1.82) is 0 Å². The van der Waals surface area contributed by atoms with Crippen molar-refractivity contribution in [3.8, 4) is 22.6 Å². The van der Waals surface area contributed by atoms with E-state index in [4.69, 9.17) is 14.7 Å². The number of anilines is 1. The second-order valence-corrected chi connectivity index (χ2v) is 8.52. The van der Waals surface area contributed by atoms with E-state index in [2.05, 4.69) is 24.1 Å². The van der Waals surface area contributed by atoms with Gasteiger partial charge < -0.3 is 10.1 Å². The Kier molecular flexibility index (Phi) is 6.45. The molecule has 166 valence electrons. The number of carbonyl (C=O) groups excluding carboxylic acids is 1. The van der Waals surface area contributed by atoms with Crippen molar-refractivity contribution < 1.29 is 13.9 Å². The zero-order valence-electron chi connectivity index (χ0n) is 18.1. The summed E-state index contributed by atoms with van der Waals surface area (Å²) in [6, 6.07) is 8.00. The predicted molar refractivity (Wildman–Crippen MR) is 123 cm³/mol. The maximum Gasteiger partial charge on any atom is 0.311 e. The van der Waals surface area contributed by atoms with Gasteiger partial charge in [-0.15, -0.1) is 11.3 Å². The van der Waals surface area contributed by atoms with Crippen molar-refractivity contribution in [3.05, 3.63) is 53.4 Å². The lowest BCUT2D eigenvalue weighted by atomic mass is 10.1. The average molecular weight is 454 g/mol. The van der Waals surface area contributed by atoms with E-state index in [0.29, 0.717) is 34.8 Å². The van der Waals surface area contributed by atoms with Gasteiger partial charge in [-0.05, 0) is 43.2 Å². The van der Waals surface area contributed by atoms with Gasteiger partial charge in [-0.1, -0.05) is 13.8 Å². The third-order valence-electron chi connectivity index (χ3n) is 4.75. The zero-order valence-corrected chi connectivity index (χ0v) is 18.9. The van der Waals surface area contributed by atoms with E-state index in [1.54, 1.807) is 25.3 Å². The summed E-state index contributed by atoms with van der Waals surface area (Å²) in [5, 5.41) is 5.14. The van der Waals surface area contributed by atoms with Crippen LogP contribution in [0.4, 0.5) is 10.3 Å². The van der Waals surface area contributed by atoms with E-state index in [9.17, 15) is 9.18 Å². The molecule has 7 nitrogen and oxygen atoms in total. The number of aromatic nitrogens is 4. The standard InChI is InChI=1S/C23H24FN5O2S/c1-4-31-19(30)11-17-13-32-23-28-20(15-5-7-16(24)8-6-15)21(29(17)23)18-9-10-25-22(27-18)26-12-14(2)3/h5-10,13-14H,4,11-12H2,1-3H3,(H,25,26,27). The van der Waals surface area contributed by atoms with Crippen LogP contribution in [0.5, 0.6) is 0 Å². The fraction of sp³-hybridized carbons (Fsp3) is 0.304. The van der Waals surface area contributed by atoms with E-state index in [0.717, 1.165) is 23.5 Å². The quantitative estimate of drug-likeness (QED) is 0.385. The van der Waals surface area contributed by atoms with Crippen LogP contribution in [-0.4, -0.2) is 38.5 Å². The van der Waals surface area contributed by atoms with Crippen LogP contribution in [0, 0.1) is 11.7 Å². The second-order valence-electron chi connectivity index (χ2n) is 7.68. The van der Waals surface area contributed by atoms with Crippen LogP contribution in [0.2, 0.25) is 0 Å². The van der Waals surface area contributed by atoms with Gasteiger partial charge in [0, 0.05) is 29.4 Å². The first-order chi connectivity index (χ1) is 15.5. The lowest BCUT2D eigenvalue weighted by Gasteiger charge is -2.10. The average Bonchev–Trinajstić information content (AvgIpc) is 3.33. The Morgan fingerprint density at radius 3 is 2.72 bits per heavy atom. The Morgan fingerprint density at radius 2 is 2.00 bits per heavy atom. The number of fused-ring (bicyclic) bond motifs is 1. The fourth-order valence-corrected chi connectivity index (χ4v) is 4.20. The molecular formula is C23H24FN5O2S. The number of nitrogens with zero attached hydrogens (tertiary/aromatic N) is 4. The molecule has 0 atom stereocenters. The van der Waals surface area contributed by atoms with E-state index in [-0.39, 0.29) is 18.2 Å². The molecule has 3 aromatic heterocycles. The molecule has 0 saturated heterocycles. The summed E-state index contributed by atoms with van der Waals surface area (Å²) in [4.78, 5) is 26.7. The first-order valence-corrected chi connectivity index (χ1v) is 11.3. The van der Waals surface area contributed by atoms with Gasteiger partial charge in [-0.25, -0.2) is 19.3 Å². The van der Waals surface area contributed by atoms with Gasteiger partial charge in [-0.2, -0.15) is 0 Å². The van der Waals surface area contributed by atoms with Crippen molar-refractivity contribution in [2.75, 3.05) is 18.5 Å². The monoisotopic (exact) mass is 453 g/mol. The Bertz CT molecular complexity index is 1230. The lowest BCUT2D eigenvalue weighted by Crippen LogP contribution is -2.11. The highest BCUT2D eigenvalue weighted by Gasteiger charge is 2.22. The van der Waals surface area contributed by atoms with Gasteiger partial charge in [0.15, 0.2) is 4.96 Å². The highest BCUT2D eigenvalue weighted by Crippen LogP contribution is 2.35. The Balaban J connectivity index is 1.86. The number of benzene rings is 1. The molecule has 0 aliphatic heterocycles. The smallest absolute Gasteiger partial charge is 0.311 e. The zero-order chi connectivity index (χ0) is 22.7. The van der Waals surface area contributed by atoms with Gasteiger partial charge in [0.2, 0.25) is 5.95 Å². The molecule has 0 spiro atoms. The lowest BCUT2D eigenvalue weighted by molar-refractivity contribution is -0.142. The number of nitrogens with one attached hydrogen (secondary N) is 1. The summed E-state index contributed by atoms with van der Waals surface area (Å²) in [7, 11) is 0. The first-order valence-electron chi connectivity index (χ1n) is 10.4. The van der Waals surface area contributed by atoms with Crippen LogP contribution in [0.15, 0.2) is 41.9 Å². The summed E-state index contributed by atoms with van der Waals surface area (Å²) < 4.78 is 20.6. The first kappa shape index (κ1) is 21.9. The van der Waals surface area contributed by atoms with Crippen LogP contribution >= 0.6 is 11.3 Å². The minimum atomic E-state index is -0.318. The maximum atomic E-state index is 13.5. The highest BCUT2D eigenvalue weighted by atomic mass is 32.1. The molecule has 0 unspecified atom stereocenters. The Hall–Kier alpha value is -3.33. The number of hydrogen-bond donors (Lipinski definition) is 1. The summed E-state index contributed by atoms with van der Waals surface area (Å²) in [5.74, 6) is 0.323. The third kappa shape index (κ3) is 4.62. The summed E-state index contributed by atoms with van der Waals surface area (Å²) >= 11 is 1.43. The normalized spacial score (nSPS) is 11.3. The van der Waals surface area contributed by atoms with Gasteiger partial charge in [-0.3, -0.25) is 9.20 Å². The molecule has 0 fully saturated rings. The number of carbonyl (C=O) groups is 1. The molecule has 9 heteroatoms. The maximum absolute atomic E-state index is 13.5. The third-order valence-corrected chi connectivity index (χ3v) is 5.62. The van der Waals surface area contributed by atoms with E-state index in [1.807, 2.05) is 15.8 Å². The summed E-state index contributed by atoms with van der Waals surface area (Å²) in [6.45, 7) is 7.06. The molecule has 4 rings (SSSR count). The number of imidazole rings is 1.